The molecule has 0 aliphatic heterocycles. The fourth-order valence-corrected chi connectivity index (χ4v) is 4.56. The molecule has 0 bridgehead atoms. The number of aryl methyl sites for hydroxylation is 3. The Morgan fingerprint density at radius 2 is 2.11 bits per heavy atom. The Morgan fingerprint density at radius 3 is 2.93 bits per heavy atom. The molecule has 4 rings (SSSR count). The molecule has 0 aromatic carbocycles. The molecule has 8 nitrogen and oxygen atoms in total. The van der Waals surface area contributed by atoms with E-state index in [-0.39, 0.29) is 30.7 Å². The van der Waals surface area contributed by atoms with Crippen molar-refractivity contribution in [3.63, 3.8) is 0 Å². The number of rotatable bonds is 5. The van der Waals surface area contributed by atoms with Crippen molar-refractivity contribution >= 4 is 43.8 Å². The lowest BCUT2D eigenvalue weighted by molar-refractivity contribution is -0.145. The van der Waals surface area contributed by atoms with Crippen LogP contribution >= 0.6 is 22.7 Å². The maximum atomic E-state index is 12.6. The number of hydrogen-bond donors (Lipinski definition) is 0. The molecule has 28 heavy (non-hydrogen) atoms. The first-order valence-electron chi connectivity index (χ1n) is 8.50. The van der Waals surface area contributed by atoms with Gasteiger partial charge in [0.25, 0.3) is 11.1 Å². The van der Waals surface area contributed by atoms with Crippen LogP contribution in [0.2, 0.25) is 0 Å². The van der Waals surface area contributed by atoms with Gasteiger partial charge in [0, 0.05) is 29.1 Å². The number of esters is 1. The van der Waals surface area contributed by atoms with E-state index in [1.165, 1.54) is 44.0 Å². The molecule has 4 heterocycles. The van der Waals surface area contributed by atoms with Crippen LogP contribution in [-0.4, -0.2) is 24.9 Å². The minimum atomic E-state index is -0.474. The summed E-state index contributed by atoms with van der Waals surface area (Å²) in [6.07, 6.45) is 3.13. The van der Waals surface area contributed by atoms with Crippen molar-refractivity contribution in [2.45, 2.75) is 33.4 Å². The smallest absolute Gasteiger partial charge is 0.307 e. The minimum absolute atomic E-state index is 0.0233. The molecule has 0 N–H and O–H groups in total. The van der Waals surface area contributed by atoms with Gasteiger partial charge in [0.2, 0.25) is 0 Å². The first-order valence-corrected chi connectivity index (χ1v) is 10.2. The van der Waals surface area contributed by atoms with Crippen molar-refractivity contribution in [3.8, 4) is 0 Å². The van der Waals surface area contributed by atoms with Crippen LogP contribution in [0.15, 0.2) is 33.6 Å². The highest BCUT2D eigenvalue weighted by Crippen LogP contribution is 2.25. The van der Waals surface area contributed by atoms with Crippen molar-refractivity contribution in [2.75, 3.05) is 0 Å². The number of nitrogens with zero attached hydrogens (tertiary/aromatic N) is 4. The highest BCUT2D eigenvalue weighted by atomic mass is 32.1. The van der Waals surface area contributed by atoms with Crippen LogP contribution in [0.5, 0.6) is 0 Å². The van der Waals surface area contributed by atoms with E-state index in [1.54, 1.807) is 11.6 Å². The molecule has 4 aromatic heterocycles. The van der Waals surface area contributed by atoms with E-state index in [2.05, 4.69) is 9.97 Å². The second-order valence-electron chi connectivity index (χ2n) is 6.26. The van der Waals surface area contributed by atoms with Crippen molar-refractivity contribution < 1.29 is 9.53 Å². The Kier molecular flexibility index (Phi) is 4.82. The molecule has 10 heteroatoms. The van der Waals surface area contributed by atoms with E-state index in [9.17, 15) is 14.4 Å². The molecule has 0 spiro atoms. The lowest BCUT2D eigenvalue weighted by Gasteiger charge is -2.07. The van der Waals surface area contributed by atoms with E-state index < -0.39 is 5.97 Å². The molecule has 0 aliphatic carbocycles. The fourth-order valence-electron chi connectivity index (χ4n) is 2.83. The van der Waals surface area contributed by atoms with E-state index in [0.717, 1.165) is 10.4 Å². The first-order chi connectivity index (χ1) is 13.4. The summed E-state index contributed by atoms with van der Waals surface area (Å²) in [6.45, 7) is 3.94. The number of ether oxygens (including phenoxy) is 1. The Hall–Kier alpha value is -2.85. The van der Waals surface area contributed by atoms with Gasteiger partial charge in [-0.05, 0) is 19.4 Å². The van der Waals surface area contributed by atoms with Gasteiger partial charge in [-0.3, -0.25) is 23.4 Å². The van der Waals surface area contributed by atoms with Gasteiger partial charge in [0.15, 0.2) is 4.96 Å². The summed E-state index contributed by atoms with van der Waals surface area (Å²) in [5.41, 5.74) is 0.948. The summed E-state index contributed by atoms with van der Waals surface area (Å²) < 4.78 is 8.06. The maximum Gasteiger partial charge on any atom is 0.307 e. The molecule has 0 fully saturated rings. The summed E-state index contributed by atoms with van der Waals surface area (Å²) in [5, 5.41) is 2.37. The van der Waals surface area contributed by atoms with Crippen molar-refractivity contribution in [3.05, 3.63) is 60.8 Å². The highest BCUT2D eigenvalue weighted by molar-refractivity contribution is 7.18. The molecule has 0 saturated heterocycles. The molecule has 0 saturated carbocycles. The van der Waals surface area contributed by atoms with E-state index >= 15 is 0 Å². The van der Waals surface area contributed by atoms with Crippen LogP contribution in [0.25, 0.3) is 15.2 Å². The zero-order valence-electron chi connectivity index (χ0n) is 15.2. The largest absolute Gasteiger partial charge is 0.459 e. The zero-order valence-corrected chi connectivity index (χ0v) is 16.8. The van der Waals surface area contributed by atoms with Crippen LogP contribution in [-0.2, 0) is 22.7 Å². The number of aromatic nitrogens is 4. The molecule has 0 aliphatic rings. The number of hydrogen-bond acceptors (Lipinski definition) is 8. The number of thiophene rings is 1. The van der Waals surface area contributed by atoms with Gasteiger partial charge < -0.3 is 4.74 Å². The SMILES string of the molecule is Cc1sc2ncn(CCC(=O)OCc3cc(=O)n4ccsc4n3)c(=O)c2c1C. The van der Waals surface area contributed by atoms with E-state index in [1.807, 2.05) is 13.8 Å². The summed E-state index contributed by atoms with van der Waals surface area (Å²) in [5.74, 6) is -0.474. The topological polar surface area (TPSA) is 95.6 Å². The normalized spacial score (nSPS) is 11.4. The standard InChI is InChI=1S/C18H16N4O4S2/c1-10-11(2)28-16-15(10)17(25)21(9-19-16)4-3-14(24)26-8-12-7-13(23)22-5-6-27-18(22)20-12/h5-7,9H,3-4,8H2,1-2H3. The second kappa shape index (κ2) is 7.28. The Balaban J connectivity index is 1.42. The first kappa shape index (κ1) is 18.5. The predicted octanol–water partition coefficient (Wildman–Crippen LogP) is 2.28. The van der Waals surface area contributed by atoms with Crippen LogP contribution < -0.4 is 11.1 Å². The highest BCUT2D eigenvalue weighted by Gasteiger charge is 2.13. The van der Waals surface area contributed by atoms with Crippen LogP contribution in [0.3, 0.4) is 0 Å². The third-order valence-corrected chi connectivity index (χ3v) is 6.32. The maximum absolute atomic E-state index is 12.6. The number of fused-ring (bicyclic) bond motifs is 2. The van der Waals surface area contributed by atoms with Gasteiger partial charge in [-0.2, -0.15) is 0 Å². The molecular weight excluding hydrogens is 400 g/mol. The molecular formula is C18H16N4O4S2. The molecule has 0 unspecified atom stereocenters. The summed E-state index contributed by atoms with van der Waals surface area (Å²) in [6, 6.07) is 1.34. The lowest BCUT2D eigenvalue weighted by atomic mass is 10.2. The minimum Gasteiger partial charge on any atom is -0.459 e. The predicted molar refractivity (Wildman–Crippen MR) is 107 cm³/mol. The Labute approximate surface area is 166 Å². The second-order valence-corrected chi connectivity index (χ2v) is 8.33. The van der Waals surface area contributed by atoms with Crippen LogP contribution in [0.4, 0.5) is 0 Å². The number of carbonyl (C=O) groups is 1. The summed E-state index contributed by atoms with van der Waals surface area (Å²) >= 11 is 2.81. The van der Waals surface area contributed by atoms with Crippen LogP contribution in [0.1, 0.15) is 22.6 Å². The quantitative estimate of drug-likeness (QED) is 0.463. The van der Waals surface area contributed by atoms with Gasteiger partial charge >= 0.3 is 5.97 Å². The molecule has 144 valence electrons. The number of carbonyl (C=O) groups excluding carboxylic acids is 1. The Morgan fingerprint density at radius 1 is 1.29 bits per heavy atom. The molecule has 0 amide bonds. The molecule has 0 atom stereocenters. The molecule has 0 radical (unpaired) electrons. The average molecular weight is 416 g/mol. The monoisotopic (exact) mass is 416 g/mol. The summed E-state index contributed by atoms with van der Waals surface area (Å²) in [4.78, 5) is 47.5. The van der Waals surface area contributed by atoms with Gasteiger partial charge in [0.1, 0.15) is 11.4 Å². The third kappa shape index (κ3) is 3.36. The lowest BCUT2D eigenvalue weighted by Crippen LogP contribution is -2.22. The zero-order chi connectivity index (χ0) is 19.8. The van der Waals surface area contributed by atoms with E-state index in [0.29, 0.717) is 20.9 Å². The van der Waals surface area contributed by atoms with Crippen molar-refractivity contribution in [1.82, 2.24) is 18.9 Å². The fraction of sp³-hybridized carbons (Fsp3) is 0.278. The summed E-state index contributed by atoms with van der Waals surface area (Å²) in [7, 11) is 0. The van der Waals surface area contributed by atoms with E-state index in [4.69, 9.17) is 4.74 Å². The third-order valence-electron chi connectivity index (χ3n) is 4.45. The van der Waals surface area contributed by atoms with Gasteiger partial charge in [-0.1, -0.05) is 0 Å². The average Bonchev–Trinajstić information content (AvgIpc) is 3.25. The number of thiazole rings is 1. The Bertz CT molecular complexity index is 1310. The molecule has 4 aromatic rings. The van der Waals surface area contributed by atoms with Gasteiger partial charge in [-0.15, -0.1) is 22.7 Å². The van der Waals surface area contributed by atoms with Crippen LogP contribution in [0, 0.1) is 13.8 Å². The van der Waals surface area contributed by atoms with Crippen molar-refractivity contribution in [1.29, 1.82) is 0 Å². The van der Waals surface area contributed by atoms with Gasteiger partial charge in [-0.25, -0.2) is 9.97 Å². The van der Waals surface area contributed by atoms with Crippen molar-refractivity contribution in [2.24, 2.45) is 0 Å². The van der Waals surface area contributed by atoms with Gasteiger partial charge in [0.05, 0.1) is 23.8 Å².